The van der Waals surface area contributed by atoms with Crippen LogP contribution in [0.1, 0.15) is 103 Å². The molecule has 0 fully saturated rings. The Balaban J connectivity index is 0.00000240. The van der Waals surface area contributed by atoms with Crippen molar-refractivity contribution in [3.63, 3.8) is 0 Å². The van der Waals surface area contributed by atoms with Gasteiger partial charge in [-0.05, 0) is 86.7 Å². The number of benzene rings is 3. The van der Waals surface area contributed by atoms with Crippen molar-refractivity contribution in [2.45, 2.75) is 85.0 Å². The van der Waals surface area contributed by atoms with Crippen molar-refractivity contribution >= 4 is 34.9 Å². The number of fused-ring (bicyclic) bond motifs is 14. The standard InChI is InChI=1S/C52H56N2O10.C2H3N/c1-51(2,3)41-23-37-19-33-27-43(55)29-35(45(33)57)21-39-25-42(52(4,5)6)26-40-22-36-30-44(56)28-34(46(36)58)20-38(24-41)47(37)63-16-14-61-12-10-53-49(59)31-8-7-9-32(18-31)50(60)54-11-13-62-15-17-64-48(39)40;1-2-3/h7-9,18,23-30H,10-17,19-22H2,1-6H3,(H,53,59)(H,54,60);1H3. The summed E-state index contributed by atoms with van der Waals surface area (Å²) in [5.41, 5.74) is 5.52. The fraction of sp³-hybridized carbons (Fsp3) is 0.389. The highest BCUT2D eigenvalue weighted by atomic mass is 16.5. The van der Waals surface area contributed by atoms with E-state index >= 15 is 0 Å². The van der Waals surface area contributed by atoms with Crippen LogP contribution in [-0.4, -0.2) is 87.7 Å². The average molecular weight is 910 g/mol. The first-order valence-corrected chi connectivity index (χ1v) is 22.6. The largest absolute Gasteiger partial charge is 0.491 e. The third-order valence-electron chi connectivity index (χ3n) is 11.6. The number of allylic oxidation sites excluding steroid dienone is 8. The second kappa shape index (κ2) is 21.7. The molecule has 0 unspecified atom stereocenters. The molecule has 8 rings (SSSR count). The van der Waals surface area contributed by atoms with Gasteiger partial charge in [-0.15, -0.1) is 0 Å². The van der Waals surface area contributed by atoms with Crippen LogP contribution in [0.4, 0.5) is 0 Å². The molecule has 0 radical (unpaired) electrons. The molecule has 3 aromatic carbocycles. The molecular weight excluding hydrogens is 851 g/mol. The lowest BCUT2D eigenvalue weighted by Gasteiger charge is -2.27. The average Bonchev–Trinajstić information content (AvgIpc) is 3.26. The van der Waals surface area contributed by atoms with E-state index in [9.17, 15) is 28.8 Å². The summed E-state index contributed by atoms with van der Waals surface area (Å²) < 4.78 is 24.8. The molecule has 2 aliphatic heterocycles. The first-order valence-electron chi connectivity index (χ1n) is 22.6. The summed E-state index contributed by atoms with van der Waals surface area (Å²) in [7, 11) is 0. The molecule has 0 atom stereocenters. The highest BCUT2D eigenvalue weighted by Gasteiger charge is 2.31. The Hall–Kier alpha value is -6.75. The first kappa shape index (κ1) is 49.7. The number of nitrogens with one attached hydrogen (secondary N) is 2. The van der Waals surface area contributed by atoms with Gasteiger partial charge in [0, 0.05) is 79.1 Å². The number of amides is 2. The lowest BCUT2D eigenvalue weighted by Crippen LogP contribution is -2.29. The van der Waals surface area contributed by atoms with Crippen LogP contribution in [0.5, 0.6) is 11.5 Å². The van der Waals surface area contributed by atoms with Crippen LogP contribution in [0.25, 0.3) is 0 Å². The van der Waals surface area contributed by atoms with Crippen molar-refractivity contribution in [1.29, 1.82) is 5.26 Å². The minimum Gasteiger partial charge on any atom is -0.491 e. The molecule has 2 heterocycles. The van der Waals surface area contributed by atoms with Gasteiger partial charge >= 0.3 is 0 Å². The second-order valence-corrected chi connectivity index (χ2v) is 18.8. The van der Waals surface area contributed by atoms with E-state index in [2.05, 4.69) is 52.2 Å². The number of ether oxygens (including phenoxy) is 4. The molecule has 5 aliphatic rings. The van der Waals surface area contributed by atoms with Gasteiger partial charge in [-0.25, -0.2) is 0 Å². The Bertz CT molecular complexity index is 2380. The molecule has 0 saturated heterocycles. The third-order valence-corrected chi connectivity index (χ3v) is 11.6. The number of carbonyl (C=O) groups is 6. The number of carbonyl (C=O) groups excluding carboxylic acids is 6. The number of hydrogen-bond acceptors (Lipinski definition) is 11. The molecule has 12 bridgehead atoms. The summed E-state index contributed by atoms with van der Waals surface area (Å²) in [6.45, 7) is 14.9. The van der Waals surface area contributed by atoms with Crippen molar-refractivity contribution < 1.29 is 47.7 Å². The van der Waals surface area contributed by atoms with Gasteiger partial charge < -0.3 is 29.6 Å². The Morgan fingerprint density at radius 1 is 0.507 bits per heavy atom. The quantitative estimate of drug-likeness (QED) is 0.181. The second-order valence-electron chi connectivity index (χ2n) is 18.8. The molecule has 3 aliphatic carbocycles. The van der Waals surface area contributed by atoms with E-state index in [1.807, 2.05) is 24.3 Å². The van der Waals surface area contributed by atoms with Crippen molar-refractivity contribution in [1.82, 2.24) is 10.6 Å². The van der Waals surface area contributed by atoms with E-state index < -0.39 is 0 Å². The highest BCUT2D eigenvalue weighted by molar-refractivity contribution is 6.21. The lowest BCUT2D eigenvalue weighted by molar-refractivity contribution is -0.115. The molecule has 13 nitrogen and oxygen atoms in total. The molecule has 13 heteroatoms. The van der Waals surface area contributed by atoms with Gasteiger partial charge in [-0.3, -0.25) is 28.8 Å². The predicted octanol–water partition coefficient (Wildman–Crippen LogP) is 6.67. The van der Waals surface area contributed by atoms with Gasteiger partial charge in [-0.2, -0.15) is 5.26 Å². The topological polar surface area (TPSA) is 187 Å². The maximum atomic E-state index is 14.6. The molecule has 67 heavy (non-hydrogen) atoms. The first-order chi connectivity index (χ1) is 31.9. The van der Waals surface area contributed by atoms with Crippen LogP contribution in [0.3, 0.4) is 0 Å². The summed E-state index contributed by atoms with van der Waals surface area (Å²) in [5, 5.41) is 13.0. The molecule has 2 amide bonds. The van der Waals surface area contributed by atoms with Gasteiger partial charge in [0.15, 0.2) is 23.1 Å². The molecule has 0 aromatic heterocycles. The number of nitrogens with zero attached hydrogens (tertiary/aromatic N) is 1. The van der Waals surface area contributed by atoms with Crippen molar-refractivity contribution in [3.8, 4) is 17.6 Å². The Morgan fingerprint density at radius 2 is 0.836 bits per heavy atom. The fourth-order valence-electron chi connectivity index (χ4n) is 8.15. The zero-order chi connectivity index (χ0) is 48.5. The third kappa shape index (κ3) is 12.8. The Morgan fingerprint density at radius 3 is 1.15 bits per heavy atom. The molecule has 350 valence electrons. The van der Waals surface area contributed by atoms with E-state index in [-0.39, 0.29) is 124 Å². The number of Topliss-reactive ketones (excluding diaryl/α,β-unsaturated/α-hetero) is 2. The summed E-state index contributed by atoms with van der Waals surface area (Å²) in [5.74, 6) is -1.02. The van der Waals surface area contributed by atoms with E-state index in [0.717, 1.165) is 11.1 Å². The van der Waals surface area contributed by atoms with Crippen molar-refractivity contribution in [3.05, 3.63) is 140 Å². The molecule has 2 N–H and O–H groups in total. The smallest absolute Gasteiger partial charge is 0.251 e. The summed E-state index contributed by atoms with van der Waals surface area (Å²) in [6.07, 6.45) is 5.78. The number of rotatable bonds is 0. The zero-order valence-electron chi connectivity index (χ0n) is 39.4. The van der Waals surface area contributed by atoms with E-state index in [0.29, 0.717) is 67.2 Å². The minimum atomic E-state index is -0.367. The summed E-state index contributed by atoms with van der Waals surface area (Å²) >= 11 is 0. The van der Waals surface area contributed by atoms with Crippen LogP contribution < -0.4 is 20.1 Å². The van der Waals surface area contributed by atoms with Gasteiger partial charge in [0.05, 0.1) is 32.5 Å². The van der Waals surface area contributed by atoms with Gasteiger partial charge in [0.1, 0.15) is 24.7 Å². The van der Waals surface area contributed by atoms with Crippen LogP contribution in [0, 0.1) is 11.3 Å². The van der Waals surface area contributed by atoms with Gasteiger partial charge in [-0.1, -0.05) is 71.9 Å². The predicted molar refractivity (Wildman–Crippen MR) is 252 cm³/mol. The van der Waals surface area contributed by atoms with E-state index in [1.165, 1.54) is 37.3 Å². The molecule has 0 saturated carbocycles. The SMILES string of the molecule is CC#N.CC(C)(C)c1cc2c3c(c1)CC1=CC(=O)C=C(Cc4cc(C(C)(C)C)cc(c4OCCOCCNC(=O)c4cccc(c4)C(=O)NCCOCCO3)CC3=CC(=O)C=C(C2)C3=O)C1=O. The number of hydrogen-bond donors (Lipinski definition) is 2. The van der Waals surface area contributed by atoms with Crippen LogP contribution in [0.15, 0.2) is 95.1 Å². The van der Waals surface area contributed by atoms with Crippen LogP contribution in [0.2, 0.25) is 0 Å². The Labute approximate surface area is 392 Å². The van der Waals surface area contributed by atoms with Crippen LogP contribution in [-0.2, 0) is 65.2 Å². The zero-order valence-corrected chi connectivity index (χ0v) is 39.4. The fourth-order valence-corrected chi connectivity index (χ4v) is 8.15. The molecular formula is C54H59N3O10. The van der Waals surface area contributed by atoms with E-state index in [4.69, 9.17) is 24.2 Å². The van der Waals surface area contributed by atoms with Crippen molar-refractivity contribution in [2.24, 2.45) is 0 Å². The normalized spacial score (nSPS) is 17.9. The number of nitriles is 1. The summed E-state index contributed by atoms with van der Waals surface area (Å²) in [4.78, 5) is 82.3. The molecule has 0 spiro atoms. The maximum absolute atomic E-state index is 14.6. The maximum Gasteiger partial charge on any atom is 0.251 e. The van der Waals surface area contributed by atoms with Gasteiger partial charge in [0.2, 0.25) is 0 Å². The minimum absolute atomic E-state index is 0.0633. The van der Waals surface area contributed by atoms with Crippen LogP contribution >= 0.6 is 0 Å². The van der Waals surface area contributed by atoms with E-state index in [1.54, 1.807) is 24.3 Å². The Kier molecular flexibility index (Phi) is 16.1. The lowest BCUT2D eigenvalue weighted by atomic mass is 9.79. The summed E-state index contributed by atoms with van der Waals surface area (Å²) in [6, 6.07) is 16.1. The monoisotopic (exact) mass is 909 g/mol. The van der Waals surface area contributed by atoms with Crippen molar-refractivity contribution in [2.75, 3.05) is 52.7 Å². The number of ketones is 4. The molecule has 3 aromatic rings. The highest BCUT2D eigenvalue weighted by Crippen LogP contribution is 2.39. The van der Waals surface area contributed by atoms with Gasteiger partial charge in [0.25, 0.3) is 11.8 Å².